The number of fused-ring (bicyclic) bond motifs is 2. The molecule has 2 aromatic heterocycles. The molecule has 5 rings (SSSR count). The maximum atomic E-state index is 13.4. The average molecular weight is 469 g/mol. The fourth-order valence-corrected chi connectivity index (χ4v) is 4.48. The van der Waals surface area contributed by atoms with Crippen molar-refractivity contribution in [1.82, 2.24) is 4.98 Å². The van der Waals surface area contributed by atoms with Crippen LogP contribution in [-0.4, -0.2) is 29.1 Å². The quantitative estimate of drug-likeness (QED) is 0.300. The summed E-state index contributed by atoms with van der Waals surface area (Å²) >= 11 is 0. The Bertz CT molecular complexity index is 1640. The fourth-order valence-electron chi connectivity index (χ4n) is 4.48. The van der Waals surface area contributed by atoms with Gasteiger partial charge in [0.05, 0.1) is 5.56 Å². The summed E-state index contributed by atoms with van der Waals surface area (Å²) < 4.78 is 11.8. The summed E-state index contributed by atoms with van der Waals surface area (Å²) in [4.78, 5) is 32.3. The minimum atomic E-state index is -1.10. The normalized spacial score (nSPS) is 11.3. The van der Waals surface area contributed by atoms with E-state index in [1.165, 1.54) is 6.07 Å². The van der Waals surface area contributed by atoms with E-state index in [1.54, 1.807) is 24.3 Å². The maximum Gasteiger partial charge on any atom is 0.349 e. The number of aromatic nitrogens is 1. The zero-order valence-corrected chi connectivity index (χ0v) is 19.7. The molecular weight excluding hydrogens is 444 g/mol. The standard InChI is InChI=1S/C28H24N2O5/c1-4-30(5-2)17-11-12-20-23(15-17)35-28(33)25(24(20)18-8-6-7-9-19(18)27(31)32)26-29-21-14-16(3)10-13-22(21)34-26/h6-15H,4-5H2,1-3H3,(H,31,32). The van der Waals surface area contributed by atoms with Crippen molar-refractivity contribution in [1.29, 1.82) is 0 Å². The van der Waals surface area contributed by atoms with Crippen molar-refractivity contribution in [2.75, 3.05) is 18.0 Å². The molecule has 35 heavy (non-hydrogen) atoms. The lowest BCUT2D eigenvalue weighted by Crippen LogP contribution is -2.21. The van der Waals surface area contributed by atoms with E-state index in [9.17, 15) is 14.7 Å². The van der Waals surface area contributed by atoms with Gasteiger partial charge in [0.2, 0.25) is 5.89 Å². The SMILES string of the molecule is CCN(CC)c1ccc2c(-c3ccccc3C(=O)O)c(-c3nc4cc(C)ccc4o3)c(=O)oc2c1. The van der Waals surface area contributed by atoms with E-state index in [0.717, 1.165) is 24.3 Å². The van der Waals surface area contributed by atoms with Gasteiger partial charge < -0.3 is 18.8 Å². The monoisotopic (exact) mass is 468 g/mol. The van der Waals surface area contributed by atoms with Crippen molar-refractivity contribution < 1.29 is 18.7 Å². The van der Waals surface area contributed by atoms with Gasteiger partial charge in [-0.2, -0.15) is 0 Å². The Balaban J connectivity index is 1.88. The van der Waals surface area contributed by atoms with Crippen LogP contribution in [0.4, 0.5) is 5.69 Å². The molecule has 0 saturated heterocycles. The van der Waals surface area contributed by atoms with Crippen LogP contribution in [0.1, 0.15) is 29.8 Å². The third-order valence-electron chi connectivity index (χ3n) is 6.20. The maximum absolute atomic E-state index is 13.4. The van der Waals surface area contributed by atoms with Gasteiger partial charge in [-0.15, -0.1) is 0 Å². The number of hydrogen-bond donors (Lipinski definition) is 1. The third-order valence-corrected chi connectivity index (χ3v) is 6.20. The molecule has 0 spiro atoms. The lowest BCUT2D eigenvalue weighted by molar-refractivity contribution is 0.0697. The van der Waals surface area contributed by atoms with E-state index in [0.29, 0.717) is 33.2 Å². The molecule has 0 saturated carbocycles. The van der Waals surface area contributed by atoms with E-state index in [4.69, 9.17) is 8.83 Å². The molecule has 7 heteroatoms. The molecule has 0 fully saturated rings. The van der Waals surface area contributed by atoms with E-state index in [-0.39, 0.29) is 17.0 Å². The lowest BCUT2D eigenvalue weighted by Gasteiger charge is -2.21. The van der Waals surface area contributed by atoms with Crippen LogP contribution < -0.4 is 10.5 Å². The number of carboxylic acid groups (broad SMARTS) is 1. The molecular formula is C28H24N2O5. The number of carboxylic acids is 1. The highest BCUT2D eigenvalue weighted by Gasteiger charge is 2.25. The highest BCUT2D eigenvalue weighted by atomic mass is 16.4. The number of anilines is 1. The zero-order chi connectivity index (χ0) is 24.7. The average Bonchev–Trinajstić information content (AvgIpc) is 3.26. The Hall–Kier alpha value is -4.39. The summed E-state index contributed by atoms with van der Waals surface area (Å²) in [5.41, 5.74) is 3.74. The van der Waals surface area contributed by atoms with Crippen molar-refractivity contribution in [2.24, 2.45) is 0 Å². The van der Waals surface area contributed by atoms with Crippen molar-refractivity contribution in [3.8, 4) is 22.6 Å². The van der Waals surface area contributed by atoms with Crippen LogP contribution in [0.2, 0.25) is 0 Å². The van der Waals surface area contributed by atoms with Gasteiger partial charge in [0.15, 0.2) is 5.58 Å². The fraction of sp³-hybridized carbons (Fsp3) is 0.179. The van der Waals surface area contributed by atoms with E-state index < -0.39 is 11.6 Å². The molecule has 0 bridgehead atoms. The molecule has 3 aromatic carbocycles. The van der Waals surface area contributed by atoms with Gasteiger partial charge in [0.25, 0.3) is 0 Å². The first-order valence-electron chi connectivity index (χ1n) is 11.5. The summed E-state index contributed by atoms with van der Waals surface area (Å²) in [5.74, 6) is -1.01. The van der Waals surface area contributed by atoms with Crippen molar-refractivity contribution in [2.45, 2.75) is 20.8 Å². The van der Waals surface area contributed by atoms with Gasteiger partial charge in [-0.3, -0.25) is 0 Å². The van der Waals surface area contributed by atoms with Crippen molar-refractivity contribution in [3.05, 3.63) is 82.2 Å². The molecule has 0 unspecified atom stereocenters. The number of aryl methyl sites for hydroxylation is 1. The third kappa shape index (κ3) is 3.85. The minimum Gasteiger partial charge on any atom is -0.478 e. The molecule has 7 nitrogen and oxygen atoms in total. The van der Waals surface area contributed by atoms with Crippen LogP contribution in [0.25, 0.3) is 44.7 Å². The van der Waals surface area contributed by atoms with Crippen LogP contribution in [0.5, 0.6) is 0 Å². The van der Waals surface area contributed by atoms with Crippen LogP contribution >= 0.6 is 0 Å². The molecule has 0 aliphatic carbocycles. The lowest BCUT2D eigenvalue weighted by atomic mass is 9.93. The predicted molar refractivity (Wildman–Crippen MR) is 136 cm³/mol. The second-order valence-corrected chi connectivity index (χ2v) is 8.33. The largest absolute Gasteiger partial charge is 0.478 e. The van der Waals surface area contributed by atoms with Crippen molar-refractivity contribution >= 4 is 33.7 Å². The van der Waals surface area contributed by atoms with E-state index >= 15 is 0 Å². The summed E-state index contributed by atoms with van der Waals surface area (Å²) in [6.45, 7) is 7.63. The zero-order valence-electron chi connectivity index (χ0n) is 19.7. The molecule has 5 aromatic rings. The van der Waals surface area contributed by atoms with Gasteiger partial charge >= 0.3 is 11.6 Å². The molecule has 2 heterocycles. The number of hydrogen-bond acceptors (Lipinski definition) is 6. The van der Waals surface area contributed by atoms with Crippen LogP contribution in [0, 0.1) is 6.92 Å². The smallest absolute Gasteiger partial charge is 0.349 e. The number of aromatic carboxylic acids is 1. The summed E-state index contributed by atoms with van der Waals surface area (Å²) in [6.07, 6.45) is 0. The van der Waals surface area contributed by atoms with Crippen LogP contribution in [-0.2, 0) is 0 Å². The molecule has 0 amide bonds. The Morgan fingerprint density at radius 3 is 2.46 bits per heavy atom. The molecule has 176 valence electrons. The van der Waals surface area contributed by atoms with Gasteiger partial charge in [-0.25, -0.2) is 14.6 Å². The second-order valence-electron chi connectivity index (χ2n) is 8.33. The first kappa shape index (κ1) is 22.4. The van der Waals surface area contributed by atoms with Crippen LogP contribution in [0.3, 0.4) is 0 Å². The first-order chi connectivity index (χ1) is 16.9. The van der Waals surface area contributed by atoms with Gasteiger partial charge in [-0.1, -0.05) is 24.3 Å². The topological polar surface area (TPSA) is 96.8 Å². The second kappa shape index (κ2) is 8.76. The Morgan fingerprint density at radius 1 is 0.943 bits per heavy atom. The highest BCUT2D eigenvalue weighted by molar-refractivity contribution is 6.07. The van der Waals surface area contributed by atoms with Crippen molar-refractivity contribution in [3.63, 3.8) is 0 Å². The molecule has 0 radical (unpaired) electrons. The van der Waals surface area contributed by atoms with Gasteiger partial charge in [0.1, 0.15) is 16.7 Å². The Kier molecular flexibility index (Phi) is 5.61. The van der Waals surface area contributed by atoms with Gasteiger partial charge in [-0.05, 0) is 62.2 Å². The summed E-state index contributed by atoms with van der Waals surface area (Å²) in [7, 11) is 0. The Morgan fingerprint density at radius 2 is 1.71 bits per heavy atom. The number of rotatable bonds is 6. The number of nitrogens with zero attached hydrogens (tertiary/aromatic N) is 2. The van der Waals surface area contributed by atoms with E-state index in [2.05, 4.69) is 23.7 Å². The summed E-state index contributed by atoms with van der Waals surface area (Å²) in [6, 6.07) is 17.8. The number of benzene rings is 3. The summed E-state index contributed by atoms with van der Waals surface area (Å²) in [5, 5.41) is 10.5. The molecule has 0 aliphatic heterocycles. The molecule has 1 N–H and O–H groups in total. The first-order valence-corrected chi connectivity index (χ1v) is 11.5. The number of oxazole rings is 1. The van der Waals surface area contributed by atoms with Crippen LogP contribution in [0.15, 0.2) is 74.3 Å². The predicted octanol–water partition coefficient (Wildman–Crippen LogP) is 6.12. The Labute approximate surface area is 201 Å². The van der Waals surface area contributed by atoms with E-state index in [1.807, 2.05) is 37.3 Å². The molecule has 0 atom stereocenters. The van der Waals surface area contributed by atoms with Gasteiger partial charge in [0, 0.05) is 35.8 Å². The number of carbonyl (C=O) groups is 1. The molecule has 0 aliphatic rings. The highest BCUT2D eigenvalue weighted by Crippen LogP contribution is 2.39. The minimum absolute atomic E-state index is 0.0698.